The van der Waals surface area contributed by atoms with Gasteiger partial charge < -0.3 is 14.8 Å². The number of aromatic nitrogens is 3. The van der Waals surface area contributed by atoms with Crippen LogP contribution in [-0.2, 0) is 11.8 Å². The average molecular weight is 410 g/mol. The van der Waals surface area contributed by atoms with Gasteiger partial charge in [-0.1, -0.05) is 29.8 Å². The predicted molar refractivity (Wildman–Crippen MR) is 117 cm³/mol. The van der Waals surface area contributed by atoms with E-state index in [1.807, 2.05) is 55.1 Å². The lowest BCUT2D eigenvalue weighted by molar-refractivity contribution is -0.119. The lowest BCUT2D eigenvalue weighted by Crippen LogP contribution is -2.28. The van der Waals surface area contributed by atoms with E-state index in [1.165, 1.54) is 0 Å². The van der Waals surface area contributed by atoms with Gasteiger partial charge in [0.05, 0.1) is 16.1 Å². The van der Waals surface area contributed by atoms with Gasteiger partial charge in [0.1, 0.15) is 11.6 Å². The molecule has 1 N–H and O–H groups in total. The molecule has 0 aliphatic heterocycles. The maximum Gasteiger partial charge on any atom is 0.217 e. The summed E-state index contributed by atoms with van der Waals surface area (Å²) in [5.74, 6) is 2.21. The second-order valence-corrected chi connectivity index (χ2v) is 8.00. The number of carbonyl (C=O) groups excluding carboxylic acids is 1. The van der Waals surface area contributed by atoms with E-state index in [4.69, 9.17) is 16.6 Å². The van der Waals surface area contributed by atoms with Gasteiger partial charge in [-0.25, -0.2) is 9.97 Å². The normalized spacial score (nSPS) is 20.5. The number of nitrogens with zero attached hydrogens (tertiary/aromatic N) is 4. The van der Waals surface area contributed by atoms with Gasteiger partial charge in [-0.05, 0) is 18.2 Å². The Bertz CT molecular complexity index is 1090. The first kappa shape index (κ1) is 19.5. The van der Waals surface area contributed by atoms with Gasteiger partial charge >= 0.3 is 0 Å². The molecule has 1 saturated carbocycles. The third kappa shape index (κ3) is 3.60. The summed E-state index contributed by atoms with van der Waals surface area (Å²) in [6.07, 6.45) is 3.59. The first-order chi connectivity index (χ1) is 13.9. The number of hydrogen-bond acceptors (Lipinski definition) is 4. The van der Waals surface area contributed by atoms with Gasteiger partial charge in [-0.15, -0.1) is 6.58 Å². The van der Waals surface area contributed by atoms with Crippen LogP contribution in [0.1, 0.15) is 6.92 Å². The minimum Gasteiger partial charge on any atom is -0.359 e. The molecule has 3 unspecified atom stereocenters. The number of anilines is 1. The highest BCUT2D eigenvalue weighted by Crippen LogP contribution is 2.41. The molecule has 1 amide bonds. The summed E-state index contributed by atoms with van der Waals surface area (Å²) in [6, 6.07) is 10.1. The Labute approximate surface area is 175 Å². The van der Waals surface area contributed by atoms with Crippen LogP contribution in [-0.4, -0.2) is 40.1 Å². The van der Waals surface area contributed by atoms with Crippen LogP contribution in [0.3, 0.4) is 0 Å². The molecule has 7 heteroatoms. The molecule has 0 radical (unpaired) electrons. The van der Waals surface area contributed by atoms with Crippen molar-refractivity contribution in [3.05, 3.63) is 54.2 Å². The molecular formula is C22H24ClN5O. The minimum absolute atomic E-state index is 0.0132. The Morgan fingerprint density at radius 2 is 2.17 bits per heavy atom. The first-order valence-electron chi connectivity index (χ1n) is 9.59. The van der Waals surface area contributed by atoms with Crippen molar-refractivity contribution in [1.29, 1.82) is 0 Å². The van der Waals surface area contributed by atoms with E-state index in [-0.39, 0.29) is 17.9 Å². The Balaban J connectivity index is 1.60. The largest absolute Gasteiger partial charge is 0.359 e. The lowest BCUT2D eigenvalue weighted by atomic mass is 10.2. The maximum absolute atomic E-state index is 11.4. The second kappa shape index (κ2) is 7.52. The number of benzene rings is 1. The quantitative estimate of drug-likeness (QED) is 0.631. The highest BCUT2D eigenvalue weighted by Gasteiger charge is 2.49. The van der Waals surface area contributed by atoms with Crippen molar-refractivity contribution < 1.29 is 4.79 Å². The van der Waals surface area contributed by atoms with Gasteiger partial charge in [0, 0.05) is 57.2 Å². The van der Waals surface area contributed by atoms with Crippen LogP contribution in [0.4, 0.5) is 5.82 Å². The molecule has 0 saturated heterocycles. The van der Waals surface area contributed by atoms with Crippen LogP contribution < -0.4 is 10.2 Å². The molecule has 0 bridgehead atoms. The molecule has 2 aromatic heterocycles. The molecule has 29 heavy (non-hydrogen) atoms. The number of para-hydroxylation sites is 2. The molecule has 3 atom stereocenters. The molecule has 1 fully saturated rings. The monoisotopic (exact) mass is 409 g/mol. The van der Waals surface area contributed by atoms with E-state index >= 15 is 0 Å². The van der Waals surface area contributed by atoms with Crippen molar-refractivity contribution in [2.24, 2.45) is 18.9 Å². The van der Waals surface area contributed by atoms with Gasteiger partial charge in [0.15, 0.2) is 0 Å². The Morgan fingerprint density at radius 1 is 1.41 bits per heavy atom. The predicted octanol–water partition coefficient (Wildman–Crippen LogP) is 3.66. The molecule has 4 rings (SSSR count). The van der Waals surface area contributed by atoms with E-state index in [0.717, 1.165) is 34.8 Å². The van der Waals surface area contributed by atoms with Crippen molar-refractivity contribution in [3.63, 3.8) is 0 Å². The summed E-state index contributed by atoms with van der Waals surface area (Å²) in [5, 5.41) is 3.56. The summed E-state index contributed by atoms with van der Waals surface area (Å²) >= 11 is 6.48. The topological polar surface area (TPSA) is 63.1 Å². The molecular weight excluding hydrogens is 386 g/mol. The molecule has 2 heterocycles. The number of carbonyl (C=O) groups is 1. The molecule has 3 aromatic rings. The number of fused-ring (bicyclic) bond motifs is 1. The molecule has 1 aliphatic rings. The number of pyridine rings is 1. The summed E-state index contributed by atoms with van der Waals surface area (Å²) in [6.45, 7) is 6.20. The summed E-state index contributed by atoms with van der Waals surface area (Å²) in [7, 11) is 3.99. The highest BCUT2D eigenvalue weighted by molar-refractivity contribution is 6.33. The van der Waals surface area contributed by atoms with E-state index < -0.39 is 0 Å². The van der Waals surface area contributed by atoms with Crippen LogP contribution >= 0.6 is 11.6 Å². The number of nitrogens with one attached hydrogen (secondary N) is 1. The van der Waals surface area contributed by atoms with Crippen molar-refractivity contribution in [1.82, 2.24) is 19.9 Å². The fourth-order valence-electron chi connectivity index (χ4n) is 4.00. The van der Waals surface area contributed by atoms with Gasteiger partial charge in [0.2, 0.25) is 5.91 Å². The molecule has 1 aliphatic carbocycles. The fraction of sp³-hybridized carbons (Fsp3) is 0.318. The average Bonchev–Trinajstić information content (AvgIpc) is 3.22. The molecule has 1 aromatic carbocycles. The van der Waals surface area contributed by atoms with Crippen LogP contribution in [0, 0.1) is 11.8 Å². The summed E-state index contributed by atoms with van der Waals surface area (Å²) in [4.78, 5) is 22.8. The maximum atomic E-state index is 11.4. The highest BCUT2D eigenvalue weighted by atomic mass is 35.5. The Morgan fingerprint density at radius 3 is 2.86 bits per heavy atom. The van der Waals surface area contributed by atoms with Gasteiger partial charge in [0.25, 0.3) is 0 Å². The first-order valence-corrected chi connectivity index (χ1v) is 9.96. The zero-order valence-electron chi connectivity index (χ0n) is 16.8. The zero-order chi connectivity index (χ0) is 20.7. The van der Waals surface area contributed by atoms with Crippen molar-refractivity contribution in [2.45, 2.75) is 13.0 Å². The van der Waals surface area contributed by atoms with Crippen LogP contribution in [0.2, 0.25) is 5.02 Å². The lowest BCUT2D eigenvalue weighted by Gasteiger charge is -2.19. The number of rotatable bonds is 6. The smallest absolute Gasteiger partial charge is 0.217 e. The zero-order valence-corrected chi connectivity index (χ0v) is 17.5. The van der Waals surface area contributed by atoms with E-state index in [1.54, 1.807) is 13.1 Å². The van der Waals surface area contributed by atoms with Crippen molar-refractivity contribution in [3.8, 4) is 11.4 Å². The number of imidazole rings is 1. The van der Waals surface area contributed by atoms with Crippen molar-refractivity contribution >= 4 is 34.4 Å². The summed E-state index contributed by atoms with van der Waals surface area (Å²) in [5.41, 5.74) is 2.82. The standard InChI is InChI=1S/C22H24ClN5O/c1-5-14-16(21(14)25-13(2)29)12-27(3)20-10-15(17(23)11-24-20)22-26-18-8-6-7-9-19(18)28(22)4/h5-11,14,16,21H,1,12H2,2-4H3,(H,25,29). The number of halogens is 1. The second-order valence-electron chi connectivity index (χ2n) is 7.59. The van der Waals surface area contributed by atoms with Crippen LogP contribution in [0.25, 0.3) is 22.4 Å². The minimum atomic E-state index is -0.0132. The van der Waals surface area contributed by atoms with E-state index in [0.29, 0.717) is 10.9 Å². The van der Waals surface area contributed by atoms with E-state index in [9.17, 15) is 4.79 Å². The van der Waals surface area contributed by atoms with Gasteiger partial charge in [-0.3, -0.25) is 4.79 Å². The van der Waals surface area contributed by atoms with E-state index in [2.05, 4.69) is 21.8 Å². The molecule has 6 nitrogen and oxygen atoms in total. The van der Waals surface area contributed by atoms with Crippen LogP contribution in [0.15, 0.2) is 49.2 Å². The number of aryl methyl sites for hydroxylation is 1. The third-order valence-electron chi connectivity index (χ3n) is 5.62. The number of hydrogen-bond donors (Lipinski definition) is 1. The Hall–Kier alpha value is -2.86. The number of amides is 1. The van der Waals surface area contributed by atoms with Crippen molar-refractivity contribution in [2.75, 3.05) is 18.5 Å². The van der Waals surface area contributed by atoms with Gasteiger partial charge in [-0.2, -0.15) is 0 Å². The third-order valence-corrected chi connectivity index (χ3v) is 5.92. The molecule has 150 valence electrons. The van der Waals surface area contributed by atoms with Crippen LogP contribution in [0.5, 0.6) is 0 Å². The Kier molecular flexibility index (Phi) is 5.04. The summed E-state index contributed by atoms with van der Waals surface area (Å²) < 4.78 is 2.04. The molecule has 0 spiro atoms. The fourth-order valence-corrected chi connectivity index (χ4v) is 4.19. The SMILES string of the molecule is C=CC1C(CN(C)c2cc(-c3nc4ccccc4n3C)c(Cl)cn2)C1NC(C)=O.